The molecule has 84 valence electrons. The lowest BCUT2D eigenvalue weighted by molar-refractivity contribution is -0.117. The fraction of sp³-hybridized carbons (Fsp3) is 0.250. The molecule has 0 bridgehead atoms. The largest absolute Gasteiger partial charge is 0.327 e. The van der Waals surface area contributed by atoms with Crippen LogP contribution in [0.5, 0.6) is 0 Å². The zero-order valence-electron chi connectivity index (χ0n) is 9.03. The molecule has 1 amide bonds. The van der Waals surface area contributed by atoms with E-state index in [-0.39, 0.29) is 18.1 Å². The molecule has 0 fully saturated rings. The molecule has 0 unspecified atom stereocenters. The molecule has 0 spiro atoms. The van der Waals surface area contributed by atoms with E-state index < -0.39 is 0 Å². The highest BCUT2D eigenvalue weighted by Crippen LogP contribution is 2.31. The lowest BCUT2D eigenvalue weighted by Crippen LogP contribution is -2.21. The topological polar surface area (TPSA) is 46.3 Å². The summed E-state index contributed by atoms with van der Waals surface area (Å²) >= 11 is 0. The monoisotopic (exact) mass is 220 g/mol. The number of hydrogen-bond acceptors (Lipinski definition) is 2. The van der Waals surface area contributed by atoms with Crippen LogP contribution in [0, 0.1) is 5.82 Å². The van der Waals surface area contributed by atoms with Gasteiger partial charge < -0.3 is 10.6 Å². The highest BCUT2D eigenvalue weighted by molar-refractivity contribution is 6.01. The Kier molecular flexibility index (Phi) is 2.75. The minimum atomic E-state index is -0.359. The van der Waals surface area contributed by atoms with Gasteiger partial charge in [0.25, 0.3) is 0 Å². The fourth-order valence-corrected chi connectivity index (χ4v) is 1.90. The Bertz CT molecular complexity index is 468. The summed E-state index contributed by atoms with van der Waals surface area (Å²) in [5.74, 6) is -0.434. The van der Waals surface area contributed by atoms with Gasteiger partial charge in [-0.2, -0.15) is 0 Å². The smallest absolute Gasteiger partial charge is 0.231 e. The summed E-state index contributed by atoms with van der Waals surface area (Å²) in [6, 6.07) is 3.24. The van der Waals surface area contributed by atoms with Crippen molar-refractivity contribution in [3.8, 4) is 0 Å². The van der Waals surface area contributed by atoms with Crippen molar-refractivity contribution in [2.45, 2.75) is 6.42 Å². The Morgan fingerprint density at radius 2 is 2.31 bits per heavy atom. The van der Waals surface area contributed by atoms with Gasteiger partial charge in [0.15, 0.2) is 0 Å². The third-order valence-corrected chi connectivity index (χ3v) is 2.66. The van der Waals surface area contributed by atoms with E-state index in [2.05, 4.69) is 0 Å². The number of hydrogen-bond donors (Lipinski definition) is 1. The number of amides is 1. The van der Waals surface area contributed by atoms with Gasteiger partial charge in [-0.25, -0.2) is 4.39 Å². The molecule has 0 saturated heterocycles. The predicted octanol–water partition coefficient (Wildman–Crippen LogP) is 1.32. The first-order valence-corrected chi connectivity index (χ1v) is 5.09. The molecule has 2 rings (SSSR count). The minimum absolute atomic E-state index is 0.0751. The molecule has 0 radical (unpaired) electrons. The second kappa shape index (κ2) is 4.06. The Morgan fingerprint density at radius 1 is 1.56 bits per heavy atom. The van der Waals surface area contributed by atoms with Crippen LogP contribution in [0.1, 0.15) is 11.1 Å². The average molecular weight is 220 g/mol. The molecular weight excluding hydrogens is 207 g/mol. The second-order valence-corrected chi connectivity index (χ2v) is 3.78. The van der Waals surface area contributed by atoms with Gasteiger partial charge in [-0.05, 0) is 23.3 Å². The number of halogens is 1. The summed E-state index contributed by atoms with van der Waals surface area (Å²) in [7, 11) is 1.59. The second-order valence-electron chi connectivity index (χ2n) is 3.78. The van der Waals surface area contributed by atoms with Crippen molar-refractivity contribution in [1.82, 2.24) is 0 Å². The van der Waals surface area contributed by atoms with Crippen LogP contribution in [0.25, 0.3) is 6.08 Å². The van der Waals surface area contributed by atoms with Crippen LogP contribution in [0.2, 0.25) is 0 Å². The number of carbonyl (C=O) groups is 1. The predicted molar refractivity (Wildman–Crippen MR) is 61.6 cm³/mol. The Morgan fingerprint density at radius 3 is 3.00 bits per heavy atom. The maximum atomic E-state index is 13.7. The van der Waals surface area contributed by atoms with E-state index in [1.807, 2.05) is 6.07 Å². The Labute approximate surface area is 93.4 Å². The number of anilines is 1. The lowest BCUT2D eigenvalue weighted by Gasteiger charge is -2.11. The number of nitrogens with two attached hydrogens (primary N) is 1. The van der Waals surface area contributed by atoms with Crippen LogP contribution >= 0.6 is 0 Å². The standard InChI is InChI=1S/C12H13FN2O/c1-15-11(16)7-9-5-8(3-2-4-14)6-10(13)12(9)15/h2-3,5-6H,4,7,14H2,1H3/b3-2+. The molecule has 3 nitrogen and oxygen atoms in total. The number of carbonyl (C=O) groups excluding carboxylic acids is 1. The molecule has 1 aromatic rings. The molecule has 0 aliphatic carbocycles. The average Bonchev–Trinajstić information content (AvgIpc) is 2.52. The van der Waals surface area contributed by atoms with Crippen LogP contribution in [0.4, 0.5) is 10.1 Å². The number of nitrogens with zero attached hydrogens (tertiary/aromatic N) is 1. The van der Waals surface area contributed by atoms with E-state index in [1.165, 1.54) is 11.0 Å². The quantitative estimate of drug-likeness (QED) is 0.817. The molecule has 4 heteroatoms. The first-order valence-electron chi connectivity index (χ1n) is 5.09. The zero-order chi connectivity index (χ0) is 11.7. The molecule has 0 saturated carbocycles. The van der Waals surface area contributed by atoms with Crippen LogP contribution in [-0.2, 0) is 11.2 Å². The molecule has 1 aliphatic heterocycles. The van der Waals surface area contributed by atoms with E-state index in [1.54, 1.807) is 19.2 Å². The van der Waals surface area contributed by atoms with Gasteiger partial charge in [0, 0.05) is 13.6 Å². The zero-order valence-corrected chi connectivity index (χ0v) is 9.03. The summed E-state index contributed by atoms with van der Waals surface area (Å²) in [5, 5.41) is 0. The molecule has 16 heavy (non-hydrogen) atoms. The van der Waals surface area contributed by atoms with Crippen molar-refractivity contribution in [1.29, 1.82) is 0 Å². The van der Waals surface area contributed by atoms with Gasteiger partial charge in [0.05, 0.1) is 12.1 Å². The van der Waals surface area contributed by atoms with Crippen molar-refractivity contribution >= 4 is 17.7 Å². The number of benzene rings is 1. The third kappa shape index (κ3) is 1.72. The molecule has 0 atom stereocenters. The summed E-state index contributed by atoms with van der Waals surface area (Å²) in [5.41, 5.74) is 7.21. The normalized spacial score (nSPS) is 14.9. The van der Waals surface area contributed by atoms with Crippen LogP contribution in [-0.4, -0.2) is 19.5 Å². The van der Waals surface area contributed by atoms with E-state index in [0.29, 0.717) is 12.2 Å². The Hall–Kier alpha value is -1.68. The lowest BCUT2D eigenvalue weighted by atomic mass is 10.1. The van der Waals surface area contributed by atoms with E-state index in [0.717, 1.165) is 11.1 Å². The van der Waals surface area contributed by atoms with Crippen molar-refractivity contribution in [2.75, 3.05) is 18.5 Å². The maximum absolute atomic E-state index is 13.7. The number of fused-ring (bicyclic) bond motifs is 1. The molecule has 1 heterocycles. The summed E-state index contributed by atoms with van der Waals surface area (Å²) in [6.07, 6.45) is 3.78. The van der Waals surface area contributed by atoms with Crippen molar-refractivity contribution < 1.29 is 9.18 Å². The molecular formula is C12H13FN2O. The van der Waals surface area contributed by atoms with E-state index in [4.69, 9.17) is 5.73 Å². The van der Waals surface area contributed by atoms with Crippen molar-refractivity contribution in [3.05, 3.63) is 35.2 Å². The fourth-order valence-electron chi connectivity index (χ4n) is 1.90. The Balaban J connectivity index is 2.45. The van der Waals surface area contributed by atoms with Crippen molar-refractivity contribution in [3.63, 3.8) is 0 Å². The number of rotatable bonds is 2. The molecule has 0 aromatic heterocycles. The number of likely N-dealkylation sites (N-methyl/N-ethyl adjacent to an activating group) is 1. The van der Waals surface area contributed by atoms with Gasteiger partial charge in [-0.1, -0.05) is 12.2 Å². The molecule has 1 aromatic carbocycles. The van der Waals surface area contributed by atoms with Gasteiger partial charge in [0.2, 0.25) is 5.91 Å². The minimum Gasteiger partial charge on any atom is -0.327 e. The SMILES string of the molecule is CN1C(=O)Cc2cc(/C=C/CN)cc(F)c21. The highest BCUT2D eigenvalue weighted by Gasteiger charge is 2.27. The van der Waals surface area contributed by atoms with E-state index in [9.17, 15) is 9.18 Å². The van der Waals surface area contributed by atoms with Crippen molar-refractivity contribution in [2.24, 2.45) is 5.73 Å². The maximum Gasteiger partial charge on any atom is 0.231 e. The van der Waals surface area contributed by atoms with Gasteiger partial charge >= 0.3 is 0 Å². The third-order valence-electron chi connectivity index (χ3n) is 2.66. The van der Waals surface area contributed by atoms with Crippen LogP contribution in [0.3, 0.4) is 0 Å². The summed E-state index contributed by atoms with van der Waals surface area (Å²) in [6.45, 7) is 0.414. The van der Waals surface area contributed by atoms with Crippen LogP contribution in [0.15, 0.2) is 18.2 Å². The molecule has 1 aliphatic rings. The summed E-state index contributed by atoms with van der Waals surface area (Å²) in [4.78, 5) is 12.8. The van der Waals surface area contributed by atoms with Gasteiger partial charge in [-0.15, -0.1) is 0 Å². The van der Waals surface area contributed by atoms with Crippen LogP contribution < -0.4 is 10.6 Å². The van der Waals surface area contributed by atoms with E-state index >= 15 is 0 Å². The van der Waals surface area contributed by atoms with Gasteiger partial charge in [0.1, 0.15) is 5.82 Å². The molecule has 2 N–H and O–H groups in total. The highest BCUT2D eigenvalue weighted by atomic mass is 19.1. The summed E-state index contributed by atoms with van der Waals surface area (Å²) < 4.78 is 13.7. The first-order chi connectivity index (χ1) is 7.63. The van der Waals surface area contributed by atoms with Gasteiger partial charge in [-0.3, -0.25) is 4.79 Å². The first kappa shape index (κ1) is 10.8.